The van der Waals surface area contributed by atoms with Crippen LogP contribution in [0.25, 0.3) is 0 Å². The van der Waals surface area contributed by atoms with Crippen LogP contribution < -0.4 is 10.6 Å². The van der Waals surface area contributed by atoms with E-state index < -0.39 is 23.5 Å². The van der Waals surface area contributed by atoms with Gasteiger partial charge in [0.15, 0.2) is 0 Å². The highest BCUT2D eigenvalue weighted by molar-refractivity contribution is 6.04. The van der Waals surface area contributed by atoms with Crippen LogP contribution in [0.4, 0.5) is 23.2 Å². The molecule has 4 nitrogen and oxygen atoms in total. The van der Waals surface area contributed by atoms with Crippen molar-refractivity contribution in [1.82, 2.24) is 5.32 Å². The first-order chi connectivity index (χ1) is 12.1. The van der Waals surface area contributed by atoms with Crippen LogP contribution >= 0.6 is 0 Å². The first-order valence-electron chi connectivity index (χ1n) is 7.67. The molecule has 0 saturated carbocycles. The van der Waals surface area contributed by atoms with E-state index in [1.165, 1.54) is 24.3 Å². The summed E-state index contributed by atoms with van der Waals surface area (Å²) < 4.78 is 51.4. The SMILES string of the molecule is CC(C)NC(=O)c1ccc(NC(=O)c2ccc(F)c(C(F)(F)F)c2)cc1. The summed E-state index contributed by atoms with van der Waals surface area (Å²) in [4.78, 5) is 23.9. The van der Waals surface area contributed by atoms with Crippen LogP contribution in [0.15, 0.2) is 42.5 Å². The number of nitrogens with one attached hydrogen (secondary N) is 2. The smallest absolute Gasteiger partial charge is 0.350 e. The van der Waals surface area contributed by atoms with Gasteiger partial charge >= 0.3 is 6.18 Å². The number of carbonyl (C=O) groups excluding carboxylic acids is 2. The van der Waals surface area contributed by atoms with E-state index in [0.717, 1.165) is 6.07 Å². The fourth-order valence-corrected chi connectivity index (χ4v) is 2.14. The molecule has 0 radical (unpaired) electrons. The van der Waals surface area contributed by atoms with Crippen molar-refractivity contribution in [2.24, 2.45) is 0 Å². The Morgan fingerprint density at radius 3 is 2.04 bits per heavy atom. The molecular weight excluding hydrogens is 352 g/mol. The lowest BCUT2D eigenvalue weighted by Crippen LogP contribution is -2.30. The first kappa shape index (κ1) is 19.4. The highest BCUT2D eigenvalue weighted by Gasteiger charge is 2.34. The molecule has 2 aromatic carbocycles. The maximum Gasteiger partial charge on any atom is 0.419 e. The van der Waals surface area contributed by atoms with Gasteiger partial charge in [-0.05, 0) is 56.3 Å². The van der Waals surface area contributed by atoms with E-state index in [-0.39, 0.29) is 23.2 Å². The summed E-state index contributed by atoms with van der Waals surface area (Å²) in [6, 6.07) is 7.81. The summed E-state index contributed by atoms with van der Waals surface area (Å²) in [6.07, 6.45) is -4.90. The van der Waals surface area contributed by atoms with Crippen molar-refractivity contribution in [3.63, 3.8) is 0 Å². The van der Waals surface area contributed by atoms with Gasteiger partial charge < -0.3 is 10.6 Å². The highest BCUT2D eigenvalue weighted by atomic mass is 19.4. The zero-order valence-corrected chi connectivity index (χ0v) is 13.9. The molecule has 2 aromatic rings. The van der Waals surface area contributed by atoms with Crippen LogP contribution in [0.1, 0.15) is 40.1 Å². The molecular formula is C18H16F4N2O2. The van der Waals surface area contributed by atoms with Gasteiger partial charge in [-0.1, -0.05) is 0 Å². The molecule has 26 heavy (non-hydrogen) atoms. The maximum absolute atomic E-state index is 13.3. The molecule has 2 N–H and O–H groups in total. The summed E-state index contributed by atoms with van der Waals surface area (Å²) in [6.45, 7) is 3.62. The minimum atomic E-state index is -4.90. The molecule has 0 aliphatic heterocycles. The highest BCUT2D eigenvalue weighted by Crippen LogP contribution is 2.32. The van der Waals surface area contributed by atoms with Gasteiger partial charge in [0.2, 0.25) is 0 Å². The molecule has 2 rings (SSSR count). The van der Waals surface area contributed by atoms with E-state index in [0.29, 0.717) is 17.7 Å². The predicted octanol–water partition coefficient (Wildman–Crippen LogP) is 4.24. The Labute approximate surface area is 147 Å². The third kappa shape index (κ3) is 4.81. The lowest BCUT2D eigenvalue weighted by atomic mass is 10.1. The largest absolute Gasteiger partial charge is 0.419 e. The molecule has 0 spiro atoms. The number of alkyl halides is 3. The Balaban J connectivity index is 2.14. The lowest BCUT2D eigenvalue weighted by molar-refractivity contribution is -0.140. The summed E-state index contributed by atoms with van der Waals surface area (Å²) in [7, 11) is 0. The molecule has 8 heteroatoms. The predicted molar refractivity (Wildman–Crippen MR) is 88.4 cm³/mol. The molecule has 2 amide bonds. The third-order valence-electron chi connectivity index (χ3n) is 3.36. The second kappa shape index (κ2) is 7.55. The number of carbonyl (C=O) groups is 2. The van der Waals surface area contributed by atoms with Gasteiger partial charge in [0.25, 0.3) is 11.8 Å². The third-order valence-corrected chi connectivity index (χ3v) is 3.36. The molecule has 0 heterocycles. The standard InChI is InChI=1S/C18H16F4N2O2/c1-10(2)23-16(25)11-3-6-13(7-4-11)24-17(26)12-5-8-15(19)14(9-12)18(20,21)22/h3-10H,1-2H3,(H,23,25)(H,24,26). The van der Waals surface area contributed by atoms with Crippen molar-refractivity contribution in [3.8, 4) is 0 Å². The number of benzene rings is 2. The van der Waals surface area contributed by atoms with Crippen LogP contribution in [0.5, 0.6) is 0 Å². The summed E-state index contributed by atoms with van der Waals surface area (Å²) in [5.74, 6) is -2.56. The first-order valence-corrected chi connectivity index (χ1v) is 7.67. The van der Waals surface area contributed by atoms with E-state index in [1.807, 2.05) is 13.8 Å². The van der Waals surface area contributed by atoms with Gasteiger partial charge in [-0.25, -0.2) is 4.39 Å². The van der Waals surface area contributed by atoms with E-state index in [4.69, 9.17) is 0 Å². The molecule has 0 aromatic heterocycles. The molecule has 0 fully saturated rings. The second-order valence-electron chi connectivity index (χ2n) is 5.85. The average molecular weight is 368 g/mol. The molecule has 0 bridgehead atoms. The number of hydrogen-bond acceptors (Lipinski definition) is 2. The Morgan fingerprint density at radius 1 is 0.923 bits per heavy atom. The van der Waals surface area contributed by atoms with Gasteiger partial charge in [-0.15, -0.1) is 0 Å². The van der Waals surface area contributed by atoms with Crippen molar-refractivity contribution in [1.29, 1.82) is 0 Å². The van der Waals surface area contributed by atoms with Crippen LogP contribution in [0.2, 0.25) is 0 Å². The zero-order valence-electron chi connectivity index (χ0n) is 13.9. The fourth-order valence-electron chi connectivity index (χ4n) is 2.14. The topological polar surface area (TPSA) is 58.2 Å². The van der Waals surface area contributed by atoms with Gasteiger partial charge in [-0.2, -0.15) is 13.2 Å². The molecule has 0 aliphatic carbocycles. The van der Waals surface area contributed by atoms with Crippen LogP contribution in [0, 0.1) is 5.82 Å². The van der Waals surface area contributed by atoms with Crippen LogP contribution in [0.3, 0.4) is 0 Å². The van der Waals surface area contributed by atoms with E-state index in [1.54, 1.807) is 0 Å². The van der Waals surface area contributed by atoms with Crippen molar-refractivity contribution < 1.29 is 27.2 Å². The summed E-state index contributed by atoms with van der Waals surface area (Å²) in [5, 5.41) is 5.11. The molecule has 0 saturated heterocycles. The zero-order chi connectivity index (χ0) is 19.5. The molecule has 0 aliphatic rings. The minimum absolute atomic E-state index is 0.0387. The van der Waals surface area contributed by atoms with E-state index in [9.17, 15) is 27.2 Å². The van der Waals surface area contributed by atoms with Crippen LogP contribution in [-0.2, 0) is 6.18 Å². The number of rotatable bonds is 4. The minimum Gasteiger partial charge on any atom is -0.350 e. The van der Waals surface area contributed by atoms with Gasteiger partial charge in [0.05, 0.1) is 5.56 Å². The average Bonchev–Trinajstić information content (AvgIpc) is 2.54. The second-order valence-corrected chi connectivity index (χ2v) is 5.85. The Morgan fingerprint density at radius 2 is 1.50 bits per heavy atom. The van der Waals surface area contributed by atoms with Crippen molar-refractivity contribution in [2.75, 3.05) is 5.32 Å². The summed E-state index contributed by atoms with van der Waals surface area (Å²) >= 11 is 0. The van der Waals surface area contributed by atoms with Crippen molar-refractivity contribution in [3.05, 3.63) is 65.0 Å². The number of hydrogen-bond donors (Lipinski definition) is 2. The number of anilines is 1. The monoisotopic (exact) mass is 368 g/mol. The normalized spacial score (nSPS) is 11.3. The summed E-state index contributed by atoms with van der Waals surface area (Å²) in [5.41, 5.74) is -1.18. The number of amides is 2. The molecule has 138 valence electrons. The quantitative estimate of drug-likeness (QED) is 0.794. The van der Waals surface area contributed by atoms with Gasteiger partial charge in [0.1, 0.15) is 5.82 Å². The van der Waals surface area contributed by atoms with Crippen LogP contribution in [-0.4, -0.2) is 17.9 Å². The Hall–Kier alpha value is -2.90. The lowest BCUT2D eigenvalue weighted by Gasteiger charge is -2.11. The Bertz CT molecular complexity index is 815. The van der Waals surface area contributed by atoms with Gasteiger partial charge in [0, 0.05) is 22.9 Å². The van der Waals surface area contributed by atoms with Crippen molar-refractivity contribution in [2.45, 2.75) is 26.1 Å². The molecule has 0 atom stereocenters. The van der Waals surface area contributed by atoms with Crippen molar-refractivity contribution >= 4 is 17.5 Å². The van der Waals surface area contributed by atoms with Gasteiger partial charge in [-0.3, -0.25) is 9.59 Å². The number of halogens is 4. The fraction of sp³-hybridized carbons (Fsp3) is 0.222. The van der Waals surface area contributed by atoms with E-state index in [2.05, 4.69) is 10.6 Å². The maximum atomic E-state index is 13.3. The molecule has 0 unspecified atom stereocenters. The Kier molecular flexibility index (Phi) is 5.64. The van der Waals surface area contributed by atoms with E-state index >= 15 is 0 Å².